The summed E-state index contributed by atoms with van der Waals surface area (Å²) in [4.78, 5) is 14.0. The largest absolute Gasteiger partial charge is 0.491 e. The maximum atomic E-state index is 11.9. The zero-order valence-corrected chi connectivity index (χ0v) is 12.0. The molecular weight excluding hydrogens is 242 g/mol. The molecule has 1 aromatic rings. The van der Waals surface area contributed by atoms with Gasteiger partial charge in [0, 0.05) is 6.54 Å². The highest BCUT2D eigenvalue weighted by Crippen LogP contribution is 2.19. The Morgan fingerprint density at radius 3 is 2.63 bits per heavy atom. The van der Waals surface area contributed by atoms with Crippen molar-refractivity contribution in [1.29, 1.82) is 0 Å². The van der Waals surface area contributed by atoms with Gasteiger partial charge in [-0.25, -0.2) is 4.79 Å². The average Bonchev–Trinajstić information content (AvgIpc) is 2.39. The van der Waals surface area contributed by atoms with E-state index in [-0.39, 0.29) is 5.97 Å². The van der Waals surface area contributed by atoms with Crippen molar-refractivity contribution in [1.82, 2.24) is 4.90 Å². The Morgan fingerprint density at radius 2 is 1.95 bits per heavy atom. The number of nitrogens with zero attached hydrogens (tertiary/aromatic N) is 1. The molecule has 0 aliphatic carbocycles. The van der Waals surface area contributed by atoms with Gasteiger partial charge in [0.15, 0.2) is 0 Å². The molecule has 106 valence electrons. The van der Waals surface area contributed by atoms with Gasteiger partial charge in [-0.05, 0) is 32.6 Å². The van der Waals surface area contributed by atoms with Gasteiger partial charge in [-0.1, -0.05) is 25.5 Å². The fourth-order valence-electron chi connectivity index (χ4n) is 1.49. The van der Waals surface area contributed by atoms with Crippen molar-refractivity contribution in [2.45, 2.75) is 19.8 Å². The number of carbonyl (C=O) groups excluding carboxylic acids is 1. The molecule has 0 bridgehead atoms. The van der Waals surface area contributed by atoms with Crippen LogP contribution in [0.4, 0.5) is 0 Å². The molecule has 0 radical (unpaired) electrons. The molecule has 0 aromatic heterocycles. The second kappa shape index (κ2) is 8.53. The van der Waals surface area contributed by atoms with Crippen LogP contribution in [0.15, 0.2) is 24.3 Å². The van der Waals surface area contributed by atoms with Gasteiger partial charge in [0.25, 0.3) is 0 Å². The molecule has 0 saturated carbocycles. The highest BCUT2D eigenvalue weighted by molar-refractivity contribution is 5.92. The fourth-order valence-corrected chi connectivity index (χ4v) is 1.49. The van der Waals surface area contributed by atoms with Gasteiger partial charge in [0.05, 0.1) is 6.61 Å². The average molecular weight is 265 g/mol. The summed E-state index contributed by atoms with van der Waals surface area (Å²) < 4.78 is 10.8. The molecule has 1 rings (SSSR count). The molecule has 19 heavy (non-hydrogen) atoms. The smallest absolute Gasteiger partial charge is 0.341 e. The van der Waals surface area contributed by atoms with Gasteiger partial charge in [-0.2, -0.15) is 0 Å². The number of carbonyl (C=O) groups is 1. The van der Waals surface area contributed by atoms with Crippen molar-refractivity contribution in [3.8, 4) is 5.75 Å². The SMILES string of the molecule is CCCCOC(=O)c1ccccc1OCCN(C)C. The van der Waals surface area contributed by atoms with E-state index in [2.05, 4.69) is 6.92 Å². The minimum Gasteiger partial charge on any atom is -0.491 e. The number of likely N-dealkylation sites (N-methyl/N-ethyl adjacent to an activating group) is 1. The number of benzene rings is 1. The van der Waals surface area contributed by atoms with Gasteiger partial charge in [0.2, 0.25) is 0 Å². The lowest BCUT2D eigenvalue weighted by Crippen LogP contribution is -2.20. The number of unbranched alkanes of at least 4 members (excludes halogenated alkanes) is 1. The molecule has 4 nitrogen and oxygen atoms in total. The molecule has 0 amide bonds. The molecule has 0 spiro atoms. The van der Waals surface area contributed by atoms with E-state index in [0.717, 1.165) is 19.4 Å². The van der Waals surface area contributed by atoms with Crippen LogP contribution in [0.25, 0.3) is 0 Å². The highest BCUT2D eigenvalue weighted by atomic mass is 16.5. The summed E-state index contributed by atoms with van der Waals surface area (Å²) in [7, 11) is 3.96. The second-order valence-electron chi connectivity index (χ2n) is 4.64. The quantitative estimate of drug-likeness (QED) is 0.535. The molecule has 0 aliphatic rings. The van der Waals surface area contributed by atoms with Crippen LogP contribution in [0, 0.1) is 0 Å². The van der Waals surface area contributed by atoms with Crippen LogP contribution in [0.1, 0.15) is 30.1 Å². The Balaban J connectivity index is 2.59. The normalized spacial score (nSPS) is 10.5. The molecule has 0 fully saturated rings. The van der Waals surface area contributed by atoms with Crippen molar-refractivity contribution in [3.05, 3.63) is 29.8 Å². The topological polar surface area (TPSA) is 38.8 Å². The molecule has 0 unspecified atom stereocenters. The van der Waals surface area contributed by atoms with E-state index in [1.165, 1.54) is 0 Å². The summed E-state index contributed by atoms with van der Waals surface area (Å²) in [6, 6.07) is 7.20. The van der Waals surface area contributed by atoms with Crippen LogP contribution in [0.3, 0.4) is 0 Å². The lowest BCUT2D eigenvalue weighted by molar-refractivity contribution is 0.0495. The van der Waals surface area contributed by atoms with E-state index >= 15 is 0 Å². The number of rotatable bonds is 8. The molecule has 0 aliphatic heterocycles. The van der Waals surface area contributed by atoms with E-state index < -0.39 is 0 Å². The van der Waals surface area contributed by atoms with Gasteiger partial charge in [-0.3, -0.25) is 0 Å². The van der Waals surface area contributed by atoms with Crippen molar-refractivity contribution in [2.24, 2.45) is 0 Å². The fraction of sp³-hybridized carbons (Fsp3) is 0.533. The van der Waals surface area contributed by atoms with Crippen LogP contribution < -0.4 is 4.74 Å². The molecule has 1 aromatic carbocycles. The van der Waals surface area contributed by atoms with Crippen LogP contribution >= 0.6 is 0 Å². The number of para-hydroxylation sites is 1. The van der Waals surface area contributed by atoms with E-state index in [1.54, 1.807) is 12.1 Å². The maximum absolute atomic E-state index is 11.9. The molecule has 0 heterocycles. The summed E-state index contributed by atoms with van der Waals surface area (Å²) >= 11 is 0. The Morgan fingerprint density at radius 1 is 1.21 bits per heavy atom. The van der Waals surface area contributed by atoms with E-state index in [1.807, 2.05) is 31.1 Å². The minimum atomic E-state index is -0.311. The van der Waals surface area contributed by atoms with Crippen molar-refractivity contribution < 1.29 is 14.3 Å². The first-order valence-corrected chi connectivity index (χ1v) is 6.68. The van der Waals surface area contributed by atoms with E-state index in [9.17, 15) is 4.79 Å². The van der Waals surface area contributed by atoms with Crippen LogP contribution in [0.5, 0.6) is 5.75 Å². The van der Waals surface area contributed by atoms with Gasteiger partial charge in [0.1, 0.15) is 17.9 Å². The Kier molecular flexibility index (Phi) is 6.97. The zero-order chi connectivity index (χ0) is 14.1. The second-order valence-corrected chi connectivity index (χ2v) is 4.64. The van der Waals surface area contributed by atoms with Crippen molar-refractivity contribution >= 4 is 5.97 Å². The number of esters is 1. The predicted molar refractivity (Wildman–Crippen MR) is 75.7 cm³/mol. The third-order valence-corrected chi connectivity index (χ3v) is 2.63. The number of hydrogen-bond donors (Lipinski definition) is 0. The first-order valence-electron chi connectivity index (χ1n) is 6.68. The van der Waals surface area contributed by atoms with E-state index in [4.69, 9.17) is 9.47 Å². The van der Waals surface area contributed by atoms with Crippen LogP contribution in [-0.4, -0.2) is 44.7 Å². The van der Waals surface area contributed by atoms with Gasteiger partial charge >= 0.3 is 5.97 Å². The first kappa shape index (κ1) is 15.5. The maximum Gasteiger partial charge on any atom is 0.341 e. The molecule has 4 heteroatoms. The lowest BCUT2D eigenvalue weighted by Gasteiger charge is -2.13. The zero-order valence-electron chi connectivity index (χ0n) is 12.0. The van der Waals surface area contributed by atoms with Crippen LogP contribution in [-0.2, 0) is 4.74 Å². The third kappa shape index (κ3) is 5.75. The lowest BCUT2D eigenvalue weighted by atomic mass is 10.2. The summed E-state index contributed by atoms with van der Waals surface area (Å²) in [5.74, 6) is 0.278. The van der Waals surface area contributed by atoms with Crippen molar-refractivity contribution in [2.75, 3.05) is 33.9 Å². The monoisotopic (exact) mass is 265 g/mol. The number of ether oxygens (including phenoxy) is 2. The highest BCUT2D eigenvalue weighted by Gasteiger charge is 2.13. The minimum absolute atomic E-state index is 0.311. The van der Waals surface area contributed by atoms with E-state index in [0.29, 0.717) is 24.5 Å². The molecule has 0 N–H and O–H groups in total. The van der Waals surface area contributed by atoms with Gasteiger partial charge < -0.3 is 14.4 Å². The van der Waals surface area contributed by atoms with Crippen molar-refractivity contribution in [3.63, 3.8) is 0 Å². The Bertz CT molecular complexity index is 391. The summed E-state index contributed by atoms with van der Waals surface area (Å²) in [6.45, 7) is 3.87. The number of hydrogen-bond acceptors (Lipinski definition) is 4. The molecular formula is C15H23NO3. The van der Waals surface area contributed by atoms with Crippen LogP contribution in [0.2, 0.25) is 0 Å². The Labute approximate surface area is 115 Å². The summed E-state index contributed by atoms with van der Waals surface area (Å²) in [5, 5.41) is 0. The van der Waals surface area contributed by atoms with Gasteiger partial charge in [-0.15, -0.1) is 0 Å². The summed E-state index contributed by atoms with van der Waals surface area (Å²) in [6.07, 6.45) is 1.89. The summed E-state index contributed by atoms with van der Waals surface area (Å²) in [5.41, 5.74) is 0.498. The predicted octanol–water partition coefficient (Wildman–Crippen LogP) is 2.58. The third-order valence-electron chi connectivity index (χ3n) is 2.63. The Hall–Kier alpha value is -1.55. The standard InChI is InChI=1S/C15H23NO3/c1-4-5-11-19-15(17)13-8-6-7-9-14(13)18-12-10-16(2)3/h6-9H,4-5,10-12H2,1-3H3. The molecule has 0 saturated heterocycles. The molecule has 0 atom stereocenters. The first-order chi connectivity index (χ1) is 9.15.